The fourth-order valence-corrected chi connectivity index (χ4v) is 4.45. The number of hydrogen-bond donors (Lipinski definition) is 4. The number of amides is 3. The third-order valence-corrected chi connectivity index (χ3v) is 6.58. The molecule has 0 radical (unpaired) electrons. The van der Waals surface area contributed by atoms with Gasteiger partial charge < -0.3 is 15.6 Å². The van der Waals surface area contributed by atoms with Crippen LogP contribution in [0.2, 0.25) is 0 Å². The number of H-pyrrole nitrogens is 1. The summed E-state index contributed by atoms with van der Waals surface area (Å²) in [7, 11) is -3.98. The summed E-state index contributed by atoms with van der Waals surface area (Å²) in [5.74, 6) is -0.585. The van der Waals surface area contributed by atoms with Crippen molar-refractivity contribution >= 4 is 22.0 Å². The van der Waals surface area contributed by atoms with Crippen LogP contribution in [0.15, 0.2) is 40.2 Å². The Morgan fingerprint density at radius 3 is 2.47 bits per heavy atom. The zero-order valence-corrected chi connectivity index (χ0v) is 18.6. The van der Waals surface area contributed by atoms with Crippen LogP contribution in [0, 0.1) is 6.92 Å². The molecular weight excluding hydrogens is 434 g/mol. The minimum Gasteiger partial charge on any atom is -0.350 e. The molecule has 10 nitrogen and oxygen atoms in total. The molecule has 0 unspecified atom stereocenters. The van der Waals surface area contributed by atoms with Gasteiger partial charge in [0.05, 0.1) is 4.90 Å². The number of nitrogens with one attached hydrogen (secondary N) is 4. The normalized spacial score (nSPS) is 14.5. The highest BCUT2D eigenvalue weighted by Crippen LogP contribution is 2.17. The topological polar surface area (TPSA) is 150 Å². The smallest absolute Gasteiger partial charge is 0.328 e. The lowest BCUT2D eigenvalue weighted by atomic mass is 9.96. The Bertz CT molecular complexity index is 1120. The largest absolute Gasteiger partial charge is 0.350 e. The average Bonchev–Trinajstić information content (AvgIpc) is 2.74. The van der Waals surface area contributed by atoms with Crippen molar-refractivity contribution in [2.24, 2.45) is 0 Å². The van der Waals surface area contributed by atoms with E-state index in [0.717, 1.165) is 37.7 Å². The number of nitrogens with zero attached hydrogens (tertiary/aromatic N) is 1. The van der Waals surface area contributed by atoms with E-state index >= 15 is 0 Å². The molecule has 2 aromatic rings. The number of carbonyl (C=O) groups is 2. The molecule has 0 spiro atoms. The van der Waals surface area contributed by atoms with Gasteiger partial charge in [0, 0.05) is 24.5 Å². The summed E-state index contributed by atoms with van der Waals surface area (Å²) in [4.78, 5) is 42.2. The van der Waals surface area contributed by atoms with E-state index in [0.29, 0.717) is 12.1 Å². The molecule has 1 heterocycles. The van der Waals surface area contributed by atoms with Crippen LogP contribution in [-0.4, -0.2) is 42.9 Å². The highest BCUT2D eigenvalue weighted by molar-refractivity contribution is 7.90. The molecule has 1 fully saturated rings. The summed E-state index contributed by atoms with van der Waals surface area (Å²) in [6.45, 7) is 1.90. The summed E-state index contributed by atoms with van der Waals surface area (Å²) in [5, 5.41) is 5.33. The van der Waals surface area contributed by atoms with Crippen molar-refractivity contribution in [2.45, 2.75) is 56.4 Å². The fraction of sp³-hybridized carbons (Fsp3) is 0.429. The number of hydrogen-bond acceptors (Lipinski definition) is 6. The number of carbonyl (C=O) groups excluding carboxylic acids is 2. The first-order valence-electron chi connectivity index (χ1n) is 10.5. The van der Waals surface area contributed by atoms with Crippen LogP contribution in [0.4, 0.5) is 4.79 Å². The number of aryl methyl sites for hydroxylation is 1. The number of aromatic amines is 1. The molecule has 0 aliphatic heterocycles. The first-order valence-corrected chi connectivity index (χ1v) is 12.0. The maximum atomic E-state index is 12.4. The Morgan fingerprint density at radius 1 is 1.12 bits per heavy atom. The van der Waals surface area contributed by atoms with Crippen LogP contribution in [0.1, 0.15) is 53.8 Å². The molecule has 0 bridgehead atoms. The highest BCUT2D eigenvalue weighted by Gasteiger charge is 2.21. The van der Waals surface area contributed by atoms with Gasteiger partial charge in [-0.2, -0.15) is 0 Å². The molecule has 4 N–H and O–H groups in total. The molecule has 0 saturated heterocycles. The monoisotopic (exact) mass is 461 g/mol. The third kappa shape index (κ3) is 6.39. The van der Waals surface area contributed by atoms with E-state index < -0.39 is 27.5 Å². The molecule has 1 aliphatic rings. The van der Waals surface area contributed by atoms with Gasteiger partial charge >= 0.3 is 6.03 Å². The molecule has 32 heavy (non-hydrogen) atoms. The highest BCUT2D eigenvalue weighted by atomic mass is 32.2. The second-order valence-electron chi connectivity index (χ2n) is 7.81. The summed E-state index contributed by atoms with van der Waals surface area (Å²) in [6.07, 6.45) is 6.72. The average molecular weight is 462 g/mol. The van der Waals surface area contributed by atoms with Gasteiger partial charge in [0.15, 0.2) is 5.69 Å². The maximum Gasteiger partial charge on any atom is 0.328 e. The molecule has 3 amide bonds. The fourth-order valence-electron chi connectivity index (χ4n) is 3.53. The van der Waals surface area contributed by atoms with Gasteiger partial charge in [0.25, 0.3) is 21.5 Å². The van der Waals surface area contributed by atoms with Crippen molar-refractivity contribution in [1.82, 2.24) is 25.3 Å². The zero-order chi connectivity index (χ0) is 23.1. The molecule has 1 saturated carbocycles. The predicted octanol–water partition coefficient (Wildman–Crippen LogP) is 1.37. The third-order valence-electron chi connectivity index (χ3n) is 5.23. The van der Waals surface area contributed by atoms with E-state index in [9.17, 15) is 22.8 Å². The summed E-state index contributed by atoms with van der Waals surface area (Å²) in [5.41, 5.74) is 0.566. The number of urea groups is 1. The second kappa shape index (κ2) is 10.4. The Morgan fingerprint density at radius 2 is 1.81 bits per heavy atom. The van der Waals surface area contributed by atoms with Crippen molar-refractivity contribution in [3.8, 4) is 0 Å². The Balaban J connectivity index is 1.50. The molecular formula is C21H27N5O5S. The molecule has 1 aromatic heterocycles. The van der Waals surface area contributed by atoms with Crippen molar-refractivity contribution in [2.75, 3.05) is 6.54 Å². The van der Waals surface area contributed by atoms with Crippen LogP contribution < -0.4 is 20.9 Å². The number of aromatic nitrogens is 2. The van der Waals surface area contributed by atoms with E-state index in [4.69, 9.17) is 0 Å². The van der Waals surface area contributed by atoms with Crippen molar-refractivity contribution in [1.29, 1.82) is 0 Å². The van der Waals surface area contributed by atoms with E-state index in [1.54, 1.807) is 19.1 Å². The lowest BCUT2D eigenvalue weighted by Gasteiger charge is -2.22. The Kier molecular flexibility index (Phi) is 7.62. The van der Waals surface area contributed by atoms with Gasteiger partial charge in [0.1, 0.15) is 0 Å². The van der Waals surface area contributed by atoms with Crippen LogP contribution in [0.3, 0.4) is 0 Å². The van der Waals surface area contributed by atoms with Crippen LogP contribution in [-0.2, 0) is 16.4 Å². The maximum absolute atomic E-state index is 12.4. The van der Waals surface area contributed by atoms with Gasteiger partial charge in [-0.1, -0.05) is 31.4 Å². The number of sulfonamides is 1. The SMILES string of the molecule is Cc1cnc(C(=O)NCCc2ccc(S(=O)(=O)NC(=O)NC3CCCCC3)cc2)c(=O)[nH]1. The summed E-state index contributed by atoms with van der Waals surface area (Å²) < 4.78 is 26.9. The summed E-state index contributed by atoms with van der Waals surface area (Å²) in [6, 6.07) is 5.30. The predicted molar refractivity (Wildman–Crippen MR) is 118 cm³/mol. The number of rotatable bonds is 7. The van der Waals surface area contributed by atoms with Gasteiger partial charge in [-0.3, -0.25) is 9.59 Å². The first kappa shape index (κ1) is 23.5. The lowest BCUT2D eigenvalue weighted by Crippen LogP contribution is -2.45. The zero-order valence-electron chi connectivity index (χ0n) is 17.8. The van der Waals surface area contributed by atoms with E-state index in [1.165, 1.54) is 18.3 Å². The van der Waals surface area contributed by atoms with E-state index in [2.05, 4.69) is 25.3 Å². The minimum atomic E-state index is -3.98. The van der Waals surface area contributed by atoms with E-state index in [-0.39, 0.29) is 23.2 Å². The summed E-state index contributed by atoms with van der Waals surface area (Å²) >= 11 is 0. The van der Waals surface area contributed by atoms with Gasteiger partial charge in [-0.05, 0) is 43.9 Å². The number of benzene rings is 1. The molecule has 11 heteroatoms. The van der Waals surface area contributed by atoms with Crippen LogP contribution >= 0.6 is 0 Å². The van der Waals surface area contributed by atoms with Crippen LogP contribution in [0.5, 0.6) is 0 Å². The van der Waals surface area contributed by atoms with Crippen molar-refractivity contribution in [3.63, 3.8) is 0 Å². The molecule has 3 rings (SSSR count). The Hall–Kier alpha value is -3.21. The van der Waals surface area contributed by atoms with Crippen molar-refractivity contribution in [3.05, 3.63) is 57.8 Å². The molecule has 172 valence electrons. The first-order chi connectivity index (χ1) is 15.2. The quantitative estimate of drug-likeness (QED) is 0.489. The van der Waals surface area contributed by atoms with Crippen LogP contribution in [0.25, 0.3) is 0 Å². The van der Waals surface area contributed by atoms with Crippen molar-refractivity contribution < 1.29 is 18.0 Å². The van der Waals surface area contributed by atoms with E-state index in [1.807, 2.05) is 0 Å². The van der Waals surface area contributed by atoms with Gasteiger partial charge in [-0.15, -0.1) is 0 Å². The molecule has 0 atom stereocenters. The Labute approximate surface area is 186 Å². The molecule has 1 aliphatic carbocycles. The lowest BCUT2D eigenvalue weighted by molar-refractivity contribution is 0.0947. The molecule has 1 aromatic carbocycles. The van der Waals surface area contributed by atoms with Gasteiger partial charge in [-0.25, -0.2) is 22.9 Å². The second-order valence-corrected chi connectivity index (χ2v) is 9.49. The standard InChI is InChI=1S/C21H27N5O5S/c1-14-13-23-18(20(28)24-14)19(27)22-12-11-15-7-9-17(10-8-15)32(30,31)26-21(29)25-16-5-3-2-4-6-16/h7-10,13,16H,2-6,11-12H2,1H3,(H,22,27)(H,24,28)(H2,25,26,29). The minimum absolute atomic E-state index is 0.00207. The van der Waals surface area contributed by atoms with Gasteiger partial charge in [0.2, 0.25) is 0 Å².